The van der Waals surface area contributed by atoms with Gasteiger partial charge in [0.2, 0.25) is 0 Å². The summed E-state index contributed by atoms with van der Waals surface area (Å²) in [7, 11) is 0. The van der Waals surface area contributed by atoms with Crippen LogP contribution in [0, 0.1) is 0 Å². The number of aliphatic hydroxyl groups excluding tert-OH is 1. The molecular formula is C76H73BrN2O5. The van der Waals surface area contributed by atoms with Crippen molar-refractivity contribution in [2.75, 3.05) is 0 Å². The molecule has 0 saturated heterocycles. The van der Waals surface area contributed by atoms with Crippen molar-refractivity contribution < 1.29 is 24.5 Å². The third kappa shape index (κ3) is 15.4. The maximum Gasteiger partial charge on any atom is 0.323 e. The van der Waals surface area contributed by atoms with Crippen molar-refractivity contribution in [2.24, 2.45) is 0 Å². The largest absolute Gasteiger partial charge is 0.480 e. The number of hydrogen-bond donors (Lipinski definition) is 2. The van der Waals surface area contributed by atoms with Gasteiger partial charge in [-0.05, 0) is 133 Å². The zero-order chi connectivity index (χ0) is 59.0. The van der Waals surface area contributed by atoms with Crippen molar-refractivity contribution in [3.05, 3.63) is 288 Å². The zero-order valence-electron chi connectivity index (χ0n) is 48.5. The predicted molar refractivity (Wildman–Crippen MR) is 353 cm³/mol. The molecule has 424 valence electrons. The van der Waals surface area contributed by atoms with Gasteiger partial charge in [0.25, 0.3) is 0 Å². The molecular weight excluding hydrogens is 1100 g/mol. The zero-order valence-corrected chi connectivity index (χ0v) is 50.1. The van der Waals surface area contributed by atoms with E-state index in [9.17, 15) is 14.7 Å². The molecule has 12 aromatic carbocycles. The molecule has 0 heterocycles. The Bertz CT molecular complexity index is 3900. The molecule has 0 spiro atoms. The fourth-order valence-corrected chi connectivity index (χ4v) is 11.3. The highest BCUT2D eigenvalue weighted by molar-refractivity contribution is 9.08. The molecule has 8 heteroatoms. The standard InChI is InChI=1S/C29H31NO2.C25H23NO2.C11H9Br.C11H10O/c1-21(28(31)32-29(2,3)4)30(19-24-15-9-13-22-11-5-7-17-26(22)24)20-25-16-10-14-23-12-6-8-18-27(23)25;1-18(25(27)28)26(16-21-12-6-10-19-8-2-4-14-23(19)21)17-22-13-7-11-20-9-3-5-15-24(20)22;2*12-8-10-6-3-5-9-4-1-2-7-11(9)10/h5-18,21H,19-20H2,1-4H3;2-15,18H,16-17H2,1H3,(H,27,28);1-7H,8H2;1-7,12H,8H2. The van der Waals surface area contributed by atoms with E-state index in [1.807, 2.05) is 99.3 Å². The smallest absolute Gasteiger partial charge is 0.323 e. The number of rotatable bonds is 14. The molecule has 0 fully saturated rings. The number of aliphatic carboxylic acids is 1. The molecule has 0 amide bonds. The molecule has 12 aromatic rings. The monoisotopic (exact) mass is 1170 g/mol. The van der Waals surface area contributed by atoms with E-state index in [-0.39, 0.29) is 18.6 Å². The Morgan fingerprint density at radius 1 is 0.381 bits per heavy atom. The van der Waals surface area contributed by atoms with Crippen LogP contribution in [0.25, 0.3) is 64.6 Å². The number of carbonyl (C=O) groups excluding carboxylic acids is 1. The summed E-state index contributed by atoms with van der Waals surface area (Å²) in [5, 5.41) is 34.2. The van der Waals surface area contributed by atoms with Crippen molar-refractivity contribution in [3.8, 4) is 0 Å². The van der Waals surface area contributed by atoms with Crippen LogP contribution in [-0.4, -0.2) is 49.6 Å². The number of benzene rings is 12. The fourth-order valence-electron chi connectivity index (χ4n) is 10.8. The maximum absolute atomic E-state index is 13.0. The number of nitrogens with zero attached hydrogens (tertiary/aromatic N) is 2. The fraction of sp³-hybridized carbons (Fsp3) is 0.184. The molecule has 0 aliphatic rings. The number of hydrogen-bond acceptors (Lipinski definition) is 6. The quantitative estimate of drug-likeness (QED) is 0.0828. The summed E-state index contributed by atoms with van der Waals surface area (Å²) < 4.78 is 5.75. The van der Waals surface area contributed by atoms with Gasteiger partial charge in [-0.15, -0.1) is 0 Å². The van der Waals surface area contributed by atoms with E-state index in [1.54, 1.807) is 6.92 Å². The van der Waals surface area contributed by atoms with E-state index in [0.717, 1.165) is 27.4 Å². The first-order valence-corrected chi connectivity index (χ1v) is 29.8. The van der Waals surface area contributed by atoms with Gasteiger partial charge >= 0.3 is 11.9 Å². The number of ether oxygens (including phenoxy) is 1. The van der Waals surface area contributed by atoms with Gasteiger partial charge in [0.15, 0.2) is 0 Å². The summed E-state index contributed by atoms with van der Waals surface area (Å²) in [6.07, 6.45) is 0. The van der Waals surface area contributed by atoms with Crippen LogP contribution in [0.1, 0.15) is 68.0 Å². The normalized spacial score (nSPS) is 12.1. The summed E-state index contributed by atoms with van der Waals surface area (Å²) in [6, 6.07) is 86.4. The predicted octanol–water partition coefficient (Wildman–Crippen LogP) is 18.3. The minimum atomic E-state index is -0.805. The number of carboxylic acids is 1. The number of alkyl halides is 1. The number of aliphatic hydroxyl groups is 1. The molecule has 2 N–H and O–H groups in total. The maximum atomic E-state index is 13.0. The van der Waals surface area contributed by atoms with Gasteiger partial charge in [0, 0.05) is 31.5 Å². The van der Waals surface area contributed by atoms with Crippen LogP contribution in [0.15, 0.2) is 255 Å². The van der Waals surface area contributed by atoms with Crippen molar-refractivity contribution >= 4 is 92.5 Å². The Kier molecular flexibility index (Phi) is 20.5. The van der Waals surface area contributed by atoms with E-state index in [2.05, 4.69) is 209 Å². The molecule has 12 rings (SSSR count). The minimum absolute atomic E-state index is 0.112. The van der Waals surface area contributed by atoms with Gasteiger partial charge in [0.05, 0.1) is 6.61 Å². The summed E-state index contributed by atoms with van der Waals surface area (Å²) in [6.45, 7) is 12.0. The Balaban J connectivity index is 0.000000146. The Morgan fingerprint density at radius 3 is 0.893 bits per heavy atom. The van der Waals surface area contributed by atoms with Crippen LogP contribution in [0.2, 0.25) is 0 Å². The molecule has 0 aliphatic heterocycles. The second kappa shape index (κ2) is 28.7. The minimum Gasteiger partial charge on any atom is -0.480 e. The van der Waals surface area contributed by atoms with Crippen molar-refractivity contribution in [3.63, 3.8) is 0 Å². The van der Waals surface area contributed by atoms with Gasteiger partial charge in [-0.1, -0.05) is 271 Å². The van der Waals surface area contributed by atoms with Gasteiger partial charge in [-0.25, -0.2) is 0 Å². The number of esters is 1. The van der Waals surface area contributed by atoms with E-state index in [1.165, 1.54) is 75.9 Å². The lowest BCUT2D eigenvalue weighted by Crippen LogP contribution is -2.42. The van der Waals surface area contributed by atoms with Crippen molar-refractivity contribution in [1.29, 1.82) is 0 Å². The number of carboxylic acid groups (broad SMARTS) is 1. The SMILES string of the molecule is BrCc1cccc2ccccc12.CC(C(=O)O)N(Cc1cccc2ccccc12)Cc1cccc2ccccc12.CC(C(=O)OC(C)(C)C)N(Cc1cccc2ccccc12)Cc1cccc2ccccc12.OCc1cccc2ccccc12. The topological polar surface area (TPSA) is 90.3 Å². The molecule has 0 bridgehead atoms. The van der Waals surface area contributed by atoms with Crippen LogP contribution in [0.4, 0.5) is 0 Å². The molecule has 2 unspecified atom stereocenters. The number of fused-ring (bicyclic) bond motifs is 6. The number of carbonyl (C=O) groups is 2. The van der Waals surface area contributed by atoms with Crippen LogP contribution >= 0.6 is 15.9 Å². The molecule has 0 aromatic heterocycles. The third-order valence-corrected chi connectivity index (χ3v) is 15.9. The second-order valence-electron chi connectivity index (χ2n) is 22.2. The molecule has 0 saturated carbocycles. The summed E-state index contributed by atoms with van der Waals surface area (Å²) in [5.41, 5.74) is 6.53. The van der Waals surface area contributed by atoms with Gasteiger partial charge in [0.1, 0.15) is 17.7 Å². The van der Waals surface area contributed by atoms with Gasteiger partial charge < -0.3 is 14.9 Å². The Labute approximate surface area is 502 Å². The van der Waals surface area contributed by atoms with E-state index in [4.69, 9.17) is 9.84 Å². The van der Waals surface area contributed by atoms with Gasteiger partial charge in [-0.3, -0.25) is 19.4 Å². The highest BCUT2D eigenvalue weighted by Crippen LogP contribution is 2.29. The van der Waals surface area contributed by atoms with Gasteiger partial charge in [-0.2, -0.15) is 0 Å². The number of halogens is 1. The molecule has 84 heavy (non-hydrogen) atoms. The third-order valence-electron chi connectivity index (χ3n) is 15.3. The highest BCUT2D eigenvalue weighted by Gasteiger charge is 2.28. The van der Waals surface area contributed by atoms with Crippen LogP contribution in [-0.2, 0) is 52.4 Å². The van der Waals surface area contributed by atoms with Crippen LogP contribution in [0.3, 0.4) is 0 Å². The van der Waals surface area contributed by atoms with E-state index < -0.39 is 17.6 Å². The van der Waals surface area contributed by atoms with E-state index >= 15 is 0 Å². The lowest BCUT2D eigenvalue weighted by atomic mass is 10.0. The van der Waals surface area contributed by atoms with Crippen LogP contribution < -0.4 is 0 Å². The summed E-state index contributed by atoms with van der Waals surface area (Å²) >= 11 is 3.48. The van der Waals surface area contributed by atoms with Crippen molar-refractivity contribution in [2.45, 2.75) is 90.4 Å². The average molecular weight is 1170 g/mol. The summed E-state index contributed by atoms with van der Waals surface area (Å²) in [4.78, 5) is 29.1. The average Bonchev–Trinajstić information content (AvgIpc) is 3.49. The highest BCUT2D eigenvalue weighted by atomic mass is 79.9. The van der Waals surface area contributed by atoms with Crippen molar-refractivity contribution in [1.82, 2.24) is 9.80 Å². The summed E-state index contributed by atoms with van der Waals surface area (Å²) in [5.74, 6) is -1.00. The molecule has 0 radical (unpaired) electrons. The molecule has 7 nitrogen and oxygen atoms in total. The Morgan fingerprint density at radius 2 is 0.619 bits per heavy atom. The van der Waals surface area contributed by atoms with E-state index in [0.29, 0.717) is 26.2 Å². The lowest BCUT2D eigenvalue weighted by Gasteiger charge is -2.31. The molecule has 0 aliphatic carbocycles. The first kappa shape index (κ1) is 60.1. The Hall–Kier alpha value is -8.50. The lowest BCUT2D eigenvalue weighted by molar-refractivity contribution is -0.161. The van der Waals surface area contributed by atoms with Crippen LogP contribution in [0.5, 0.6) is 0 Å². The molecule has 2 atom stereocenters. The second-order valence-corrected chi connectivity index (χ2v) is 22.7. The first-order chi connectivity index (χ1) is 40.8. The first-order valence-electron chi connectivity index (χ1n) is 28.7.